The van der Waals surface area contributed by atoms with Crippen LogP contribution in [0.1, 0.15) is 0 Å². The van der Waals surface area contributed by atoms with E-state index in [1.165, 1.54) is 7.11 Å². The molecule has 0 aromatic heterocycles. The lowest BCUT2D eigenvalue weighted by Gasteiger charge is -2.07. The summed E-state index contributed by atoms with van der Waals surface area (Å²) in [5.74, 6) is -0.376. The zero-order valence-corrected chi connectivity index (χ0v) is 9.38. The Bertz CT molecular complexity index is 395. The highest BCUT2D eigenvalue weighted by Gasteiger charge is 2.06. The first-order valence-electron chi connectivity index (χ1n) is 4.49. The molecule has 0 spiro atoms. The minimum atomic E-state index is -0.658. The van der Waals surface area contributed by atoms with Crippen molar-refractivity contribution in [2.24, 2.45) is 0 Å². The first kappa shape index (κ1) is 12.3. The summed E-state index contributed by atoms with van der Waals surface area (Å²) >= 11 is 5.83. The molecule has 1 rings (SSSR count). The highest BCUT2D eigenvalue weighted by Crippen LogP contribution is 2.19. The van der Waals surface area contributed by atoms with E-state index in [2.05, 4.69) is 15.4 Å². The molecule has 2 amide bonds. The van der Waals surface area contributed by atoms with E-state index in [4.69, 9.17) is 11.6 Å². The molecule has 0 atom stereocenters. The molecule has 16 heavy (non-hydrogen) atoms. The van der Waals surface area contributed by atoms with Crippen LogP contribution in [0, 0.1) is 0 Å². The van der Waals surface area contributed by atoms with Crippen molar-refractivity contribution in [1.82, 2.24) is 5.32 Å². The number of benzene rings is 1. The van der Waals surface area contributed by atoms with Crippen LogP contribution < -0.4 is 10.6 Å². The second-order valence-electron chi connectivity index (χ2n) is 2.87. The van der Waals surface area contributed by atoms with Crippen molar-refractivity contribution in [3.8, 4) is 0 Å². The third-order valence-electron chi connectivity index (χ3n) is 1.73. The van der Waals surface area contributed by atoms with Gasteiger partial charge in [-0.1, -0.05) is 23.7 Å². The molecule has 0 radical (unpaired) electrons. The first-order chi connectivity index (χ1) is 7.63. The number of rotatable bonds is 3. The van der Waals surface area contributed by atoms with Crippen molar-refractivity contribution in [1.29, 1.82) is 0 Å². The quantitative estimate of drug-likeness (QED) is 0.847. The average Bonchev–Trinajstić information content (AvgIpc) is 2.29. The van der Waals surface area contributed by atoms with Gasteiger partial charge in [0.1, 0.15) is 6.54 Å². The zero-order valence-electron chi connectivity index (χ0n) is 8.62. The average molecular weight is 243 g/mol. The van der Waals surface area contributed by atoms with E-state index in [0.717, 1.165) is 0 Å². The molecule has 1 aromatic rings. The number of nitrogens with one attached hydrogen (secondary N) is 2. The Labute approximate surface area is 97.7 Å². The van der Waals surface area contributed by atoms with Crippen molar-refractivity contribution in [3.05, 3.63) is 29.3 Å². The van der Waals surface area contributed by atoms with Gasteiger partial charge in [0.25, 0.3) is 0 Å². The molecule has 86 valence electrons. The Balaban J connectivity index is 2.46. The van der Waals surface area contributed by atoms with E-state index in [1.807, 2.05) is 0 Å². The largest absolute Gasteiger partial charge is 0.453 e. The molecule has 0 heterocycles. The van der Waals surface area contributed by atoms with E-state index in [1.54, 1.807) is 24.3 Å². The van der Waals surface area contributed by atoms with Crippen LogP contribution in [0.3, 0.4) is 0 Å². The lowest BCUT2D eigenvalue weighted by atomic mass is 10.3. The summed E-state index contributed by atoms with van der Waals surface area (Å²) in [6, 6.07) is 6.82. The molecule has 2 N–H and O–H groups in total. The van der Waals surface area contributed by atoms with E-state index in [9.17, 15) is 9.59 Å². The SMILES string of the molecule is COC(=O)NCC(=O)Nc1ccccc1Cl. The summed E-state index contributed by atoms with van der Waals surface area (Å²) in [6.07, 6.45) is -0.658. The molecule has 0 aliphatic rings. The summed E-state index contributed by atoms with van der Waals surface area (Å²) in [5.41, 5.74) is 0.501. The Morgan fingerprint density at radius 1 is 1.38 bits per heavy atom. The predicted octanol–water partition coefficient (Wildman–Crippen LogP) is 1.63. The molecule has 0 saturated heterocycles. The normalized spacial score (nSPS) is 9.38. The monoisotopic (exact) mass is 242 g/mol. The van der Waals surface area contributed by atoms with Crippen molar-refractivity contribution in [2.75, 3.05) is 19.0 Å². The summed E-state index contributed by atoms with van der Waals surface area (Å²) < 4.78 is 4.32. The Hall–Kier alpha value is -1.75. The van der Waals surface area contributed by atoms with Crippen LogP contribution >= 0.6 is 11.6 Å². The third kappa shape index (κ3) is 3.78. The van der Waals surface area contributed by atoms with Crippen molar-refractivity contribution in [3.63, 3.8) is 0 Å². The fourth-order valence-electron chi connectivity index (χ4n) is 0.982. The van der Waals surface area contributed by atoms with Gasteiger partial charge in [-0.3, -0.25) is 4.79 Å². The summed E-state index contributed by atoms with van der Waals surface area (Å²) in [4.78, 5) is 22.0. The summed E-state index contributed by atoms with van der Waals surface area (Å²) in [6.45, 7) is -0.169. The Morgan fingerprint density at radius 2 is 2.06 bits per heavy atom. The highest BCUT2D eigenvalue weighted by atomic mass is 35.5. The number of hydrogen-bond acceptors (Lipinski definition) is 3. The minimum Gasteiger partial charge on any atom is -0.453 e. The van der Waals surface area contributed by atoms with Crippen LogP contribution in [-0.4, -0.2) is 25.7 Å². The van der Waals surface area contributed by atoms with Gasteiger partial charge in [0.05, 0.1) is 17.8 Å². The number of anilines is 1. The van der Waals surface area contributed by atoms with Crippen LogP contribution in [0.25, 0.3) is 0 Å². The molecule has 0 aliphatic heterocycles. The van der Waals surface area contributed by atoms with Gasteiger partial charge in [0.2, 0.25) is 5.91 Å². The number of carbonyl (C=O) groups is 2. The Morgan fingerprint density at radius 3 is 2.69 bits per heavy atom. The van der Waals surface area contributed by atoms with Crippen LogP contribution in [0.5, 0.6) is 0 Å². The predicted molar refractivity (Wildman–Crippen MR) is 60.5 cm³/mol. The molecule has 6 heteroatoms. The third-order valence-corrected chi connectivity index (χ3v) is 2.06. The summed E-state index contributed by atoms with van der Waals surface area (Å²) in [7, 11) is 1.22. The van der Waals surface area contributed by atoms with E-state index in [0.29, 0.717) is 10.7 Å². The summed E-state index contributed by atoms with van der Waals surface area (Å²) in [5, 5.41) is 5.24. The maximum Gasteiger partial charge on any atom is 0.407 e. The number of carbonyl (C=O) groups excluding carboxylic acids is 2. The Kier molecular flexibility index (Phi) is 4.60. The second-order valence-corrected chi connectivity index (χ2v) is 3.28. The maximum atomic E-state index is 11.3. The zero-order chi connectivity index (χ0) is 12.0. The van der Waals surface area contributed by atoms with Gasteiger partial charge in [-0.25, -0.2) is 4.79 Å². The smallest absolute Gasteiger partial charge is 0.407 e. The number of hydrogen-bond donors (Lipinski definition) is 2. The standard InChI is InChI=1S/C10H11ClN2O3/c1-16-10(15)12-6-9(14)13-8-5-3-2-4-7(8)11/h2-5H,6H2,1H3,(H,12,15)(H,13,14). The van der Waals surface area contributed by atoms with Crippen molar-refractivity contribution in [2.45, 2.75) is 0 Å². The maximum absolute atomic E-state index is 11.3. The van der Waals surface area contributed by atoms with Crippen molar-refractivity contribution < 1.29 is 14.3 Å². The fourth-order valence-corrected chi connectivity index (χ4v) is 1.16. The van der Waals surface area contributed by atoms with E-state index in [-0.39, 0.29) is 12.5 Å². The number of amides is 2. The highest BCUT2D eigenvalue weighted by molar-refractivity contribution is 6.33. The van der Waals surface area contributed by atoms with Crippen molar-refractivity contribution >= 4 is 29.3 Å². The second kappa shape index (κ2) is 5.97. The molecule has 0 fully saturated rings. The number of alkyl carbamates (subject to hydrolysis) is 1. The lowest BCUT2D eigenvalue weighted by Crippen LogP contribution is -2.32. The van der Waals surface area contributed by atoms with Crippen LogP contribution in [0.15, 0.2) is 24.3 Å². The van der Waals surface area contributed by atoms with Gasteiger partial charge in [0.15, 0.2) is 0 Å². The molecule has 0 aliphatic carbocycles. The molecule has 1 aromatic carbocycles. The molecule has 0 unspecified atom stereocenters. The van der Waals surface area contributed by atoms with E-state index >= 15 is 0 Å². The number of halogens is 1. The van der Waals surface area contributed by atoms with E-state index < -0.39 is 6.09 Å². The lowest BCUT2D eigenvalue weighted by molar-refractivity contribution is -0.115. The molecule has 0 bridgehead atoms. The molecule has 5 nitrogen and oxygen atoms in total. The number of methoxy groups -OCH3 is 1. The van der Waals surface area contributed by atoms with Gasteiger partial charge >= 0.3 is 6.09 Å². The van der Waals surface area contributed by atoms with Gasteiger partial charge in [0, 0.05) is 0 Å². The van der Waals surface area contributed by atoms with Crippen LogP contribution in [-0.2, 0) is 9.53 Å². The topological polar surface area (TPSA) is 67.4 Å². The van der Waals surface area contributed by atoms with Gasteiger partial charge in [-0.2, -0.15) is 0 Å². The molecule has 0 saturated carbocycles. The molecular weight excluding hydrogens is 232 g/mol. The molecular formula is C10H11ClN2O3. The van der Waals surface area contributed by atoms with Gasteiger partial charge in [-0.05, 0) is 12.1 Å². The minimum absolute atomic E-state index is 0.169. The van der Waals surface area contributed by atoms with Crippen LogP contribution in [0.4, 0.5) is 10.5 Å². The number of ether oxygens (including phenoxy) is 1. The van der Waals surface area contributed by atoms with Crippen LogP contribution in [0.2, 0.25) is 5.02 Å². The number of para-hydroxylation sites is 1. The fraction of sp³-hybridized carbons (Fsp3) is 0.200. The van der Waals surface area contributed by atoms with Gasteiger partial charge in [-0.15, -0.1) is 0 Å². The van der Waals surface area contributed by atoms with Gasteiger partial charge < -0.3 is 15.4 Å². The first-order valence-corrected chi connectivity index (χ1v) is 4.87.